The van der Waals surface area contributed by atoms with E-state index in [0.717, 1.165) is 23.7 Å². The summed E-state index contributed by atoms with van der Waals surface area (Å²) in [6.45, 7) is 2.92. The third-order valence-corrected chi connectivity index (χ3v) is 3.17. The molecule has 3 nitrogen and oxygen atoms in total. The van der Waals surface area contributed by atoms with Gasteiger partial charge in [-0.2, -0.15) is 0 Å². The van der Waals surface area contributed by atoms with E-state index < -0.39 is 0 Å². The predicted molar refractivity (Wildman–Crippen MR) is 50.7 cm³/mol. The molecule has 1 fully saturated rings. The number of aliphatic hydroxyl groups excluding tert-OH is 1. The minimum atomic E-state index is 0.0231. The van der Waals surface area contributed by atoms with Crippen molar-refractivity contribution in [1.82, 2.24) is 4.98 Å². The first kappa shape index (κ1) is 9.12. The van der Waals surface area contributed by atoms with Gasteiger partial charge in [0.1, 0.15) is 6.10 Å². The van der Waals surface area contributed by atoms with Crippen molar-refractivity contribution in [2.24, 2.45) is 5.92 Å². The Hall–Kier alpha value is -0.450. The van der Waals surface area contributed by atoms with E-state index in [1.54, 1.807) is 11.3 Å². The largest absolute Gasteiger partial charge is 0.396 e. The molecule has 2 rings (SSSR count). The Morgan fingerprint density at radius 1 is 1.77 bits per heavy atom. The van der Waals surface area contributed by atoms with Crippen molar-refractivity contribution in [2.75, 3.05) is 13.2 Å². The molecular weight excluding hydrogens is 186 g/mol. The molecule has 0 spiro atoms. The SMILES string of the molecule is Cc1nc(C2OCCC2CO)cs1. The van der Waals surface area contributed by atoms with Crippen molar-refractivity contribution in [3.63, 3.8) is 0 Å². The van der Waals surface area contributed by atoms with Crippen LogP contribution in [-0.2, 0) is 4.74 Å². The highest BCUT2D eigenvalue weighted by Gasteiger charge is 2.30. The second kappa shape index (κ2) is 3.74. The van der Waals surface area contributed by atoms with Crippen molar-refractivity contribution >= 4 is 11.3 Å². The Balaban J connectivity index is 2.15. The first-order valence-corrected chi connectivity index (χ1v) is 5.33. The molecule has 0 amide bonds. The van der Waals surface area contributed by atoms with Crippen molar-refractivity contribution in [3.05, 3.63) is 16.1 Å². The van der Waals surface area contributed by atoms with Gasteiger partial charge in [0.2, 0.25) is 0 Å². The van der Waals surface area contributed by atoms with Gasteiger partial charge in [0.25, 0.3) is 0 Å². The lowest BCUT2D eigenvalue weighted by atomic mass is 10.0. The molecule has 2 atom stereocenters. The van der Waals surface area contributed by atoms with Gasteiger partial charge in [-0.25, -0.2) is 4.98 Å². The number of aliphatic hydroxyl groups is 1. The van der Waals surface area contributed by atoms with Crippen LogP contribution in [0.2, 0.25) is 0 Å². The third kappa shape index (κ3) is 1.75. The van der Waals surface area contributed by atoms with Crippen LogP contribution in [0.3, 0.4) is 0 Å². The van der Waals surface area contributed by atoms with Crippen LogP contribution in [0.4, 0.5) is 0 Å². The van der Waals surface area contributed by atoms with Crippen LogP contribution in [-0.4, -0.2) is 23.3 Å². The zero-order valence-electron chi connectivity index (χ0n) is 7.56. The van der Waals surface area contributed by atoms with Gasteiger partial charge in [-0.1, -0.05) is 0 Å². The van der Waals surface area contributed by atoms with Crippen LogP contribution in [0.5, 0.6) is 0 Å². The molecule has 1 aromatic heterocycles. The summed E-state index contributed by atoms with van der Waals surface area (Å²) in [5.41, 5.74) is 0.985. The van der Waals surface area contributed by atoms with Crippen molar-refractivity contribution in [2.45, 2.75) is 19.4 Å². The summed E-state index contributed by atoms with van der Waals surface area (Å²) in [7, 11) is 0. The minimum Gasteiger partial charge on any atom is -0.396 e. The Kier molecular flexibility index (Phi) is 2.62. The highest BCUT2D eigenvalue weighted by atomic mass is 32.1. The number of hydrogen-bond donors (Lipinski definition) is 1. The fraction of sp³-hybridized carbons (Fsp3) is 0.667. The summed E-state index contributed by atoms with van der Waals surface area (Å²) >= 11 is 1.63. The van der Waals surface area contributed by atoms with Gasteiger partial charge in [-0.05, 0) is 13.3 Å². The lowest BCUT2D eigenvalue weighted by Crippen LogP contribution is -2.11. The van der Waals surface area contributed by atoms with E-state index in [4.69, 9.17) is 9.84 Å². The van der Waals surface area contributed by atoms with Gasteiger partial charge in [0, 0.05) is 24.5 Å². The van der Waals surface area contributed by atoms with E-state index in [2.05, 4.69) is 4.98 Å². The molecule has 4 heteroatoms. The van der Waals surface area contributed by atoms with Crippen LogP contribution in [0.15, 0.2) is 5.38 Å². The molecule has 0 bridgehead atoms. The Bertz CT molecular complexity index is 287. The number of aromatic nitrogens is 1. The minimum absolute atomic E-state index is 0.0231. The summed E-state index contributed by atoms with van der Waals surface area (Å²) in [4.78, 5) is 4.37. The van der Waals surface area contributed by atoms with Crippen molar-refractivity contribution in [3.8, 4) is 0 Å². The topological polar surface area (TPSA) is 42.4 Å². The Morgan fingerprint density at radius 2 is 2.62 bits per heavy atom. The van der Waals surface area contributed by atoms with Crippen molar-refractivity contribution < 1.29 is 9.84 Å². The lowest BCUT2D eigenvalue weighted by Gasteiger charge is -2.13. The number of ether oxygens (including phenoxy) is 1. The number of nitrogens with zero attached hydrogens (tertiary/aromatic N) is 1. The average molecular weight is 199 g/mol. The first-order chi connectivity index (χ1) is 6.31. The molecule has 2 heterocycles. The zero-order valence-corrected chi connectivity index (χ0v) is 8.38. The molecule has 0 aliphatic carbocycles. The molecule has 0 saturated carbocycles. The molecular formula is C9H13NO2S. The van der Waals surface area contributed by atoms with E-state index in [1.807, 2.05) is 12.3 Å². The quantitative estimate of drug-likeness (QED) is 0.785. The van der Waals surface area contributed by atoms with Gasteiger partial charge in [0.15, 0.2) is 0 Å². The molecule has 0 radical (unpaired) electrons. The fourth-order valence-corrected chi connectivity index (χ4v) is 2.29. The van der Waals surface area contributed by atoms with Crippen LogP contribution in [0.25, 0.3) is 0 Å². The van der Waals surface area contributed by atoms with E-state index in [0.29, 0.717) is 0 Å². The fourth-order valence-electron chi connectivity index (χ4n) is 1.66. The predicted octanol–water partition coefficient (Wildman–Crippen LogP) is 1.52. The summed E-state index contributed by atoms with van der Waals surface area (Å²) in [5.74, 6) is 0.237. The van der Waals surface area contributed by atoms with E-state index in [1.165, 1.54) is 0 Å². The molecule has 13 heavy (non-hydrogen) atoms. The van der Waals surface area contributed by atoms with E-state index in [9.17, 15) is 0 Å². The van der Waals surface area contributed by atoms with Gasteiger partial charge in [-0.15, -0.1) is 11.3 Å². The monoisotopic (exact) mass is 199 g/mol. The molecule has 1 N–H and O–H groups in total. The first-order valence-electron chi connectivity index (χ1n) is 4.45. The molecule has 2 unspecified atom stereocenters. The maximum atomic E-state index is 9.10. The van der Waals surface area contributed by atoms with Gasteiger partial charge < -0.3 is 9.84 Å². The van der Waals surface area contributed by atoms with E-state index in [-0.39, 0.29) is 18.6 Å². The summed E-state index contributed by atoms with van der Waals surface area (Å²) < 4.78 is 5.54. The van der Waals surface area contributed by atoms with Crippen molar-refractivity contribution in [1.29, 1.82) is 0 Å². The highest BCUT2D eigenvalue weighted by molar-refractivity contribution is 7.09. The van der Waals surface area contributed by atoms with Gasteiger partial charge in [0.05, 0.1) is 10.7 Å². The Labute approximate surface area is 81.4 Å². The van der Waals surface area contributed by atoms with Crippen LogP contribution in [0, 0.1) is 12.8 Å². The van der Waals surface area contributed by atoms with Gasteiger partial charge in [-0.3, -0.25) is 0 Å². The Morgan fingerprint density at radius 3 is 3.23 bits per heavy atom. The highest BCUT2D eigenvalue weighted by Crippen LogP contribution is 2.34. The third-order valence-electron chi connectivity index (χ3n) is 2.38. The maximum Gasteiger partial charge on any atom is 0.105 e. The number of rotatable bonds is 2. The molecule has 1 aromatic rings. The standard InChI is InChI=1S/C9H13NO2S/c1-6-10-8(5-13-6)9-7(4-11)2-3-12-9/h5,7,9,11H,2-4H2,1H3. The summed E-state index contributed by atoms with van der Waals surface area (Å²) in [5, 5.41) is 12.2. The second-order valence-electron chi connectivity index (χ2n) is 3.31. The maximum absolute atomic E-state index is 9.10. The summed E-state index contributed by atoms with van der Waals surface area (Å²) in [6.07, 6.45) is 0.965. The zero-order chi connectivity index (χ0) is 9.26. The number of thiazole rings is 1. The van der Waals surface area contributed by atoms with Crippen LogP contribution < -0.4 is 0 Å². The molecule has 1 aliphatic heterocycles. The normalized spacial score (nSPS) is 28.2. The van der Waals surface area contributed by atoms with E-state index >= 15 is 0 Å². The average Bonchev–Trinajstić information content (AvgIpc) is 2.71. The van der Waals surface area contributed by atoms with Gasteiger partial charge >= 0.3 is 0 Å². The number of aryl methyl sites for hydroxylation is 1. The summed E-state index contributed by atoms with van der Waals surface area (Å²) in [6, 6.07) is 0. The van der Waals surface area contributed by atoms with Crippen LogP contribution >= 0.6 is 11.3 Å². The lowest BCUT2D eigenvalue weighted by molar-refractivity contribution is 0.0693. The second-order valence-corrected chi connectivity index (χ2v) is 4.38. The molecule has 1 saturated heterocycles. The molecule has 1 aliphatic rings. The smallest absolute Gasteiger partial charge is 0.105 e. The molecule has 0 aromatic carbocycles. The molecule has 72 valence electrons. The number of hydrogen-bond acceptors (Lipinski definition) is 4. The van der Waals surface area contributed by atoms with Crippen LogP contribution in [0.1, 0.15) is 23.2 Å².